The van der Waals surface area contributed by atoms with Crippen LogP contribution in [0.2, 0.25) is 0 Å². The standard InChI is InChI=1S/C13H14BrNO2S2/c1-15(10-12-3-2-8-18-12)19(16,17)13-6-4-11(9-14)5-7-13/h2-8H,9-10H2,1H3. The fraction of sp³-hybridized carbons (Fsp3) is 0.231. The molecule has 0 aliphatic carbocycles. The lowest BCUT2D eigenvalue weighted by atomic mass is 10.2. The van der Waals surface area contributed by atoms with Gasteiger partial charge in [-0.2, -0.15) is 4.31 Å². The van der Waals surface area contributed by atoms with Gasteiger partial charge in [0.15, 0.2) is 0 Å². The molecule has 0 fully saturated rings. The molecular weight excluding hydrogens is 346 g/mol. The van der Waals surface area contributed by atoms with Crippen molar-refractivity contribution in [1.82, 2.24) is 4.31 Å². The third-order valence-corrected chi connectivity index (χ3v) is 6.07. The molecule has 0 amide bonds. The number of nitrogens with zero attached hydrogens (tertiary/aromatic N) is 1. The zero-order valence-corrected chi connectivity index (χ0v) is 13.6. The Labute approximate surface area is 126 Å². The van der Waals surface area contributed by atoms with E-state index >= 15 is 0 Å². The second-order valence-electron chi connectivity index (χ2n) is 4.12. The summed E-state index contributed by atoms with van der Waals surface area (Å²) in [5.74, 6) is 0. The Morgan fingerprint density at radius 3 is 2.42 bits per heavy atom. The zero-order valence-electron chi connectivity index (χ0n) is 10.4. The molecule has 0 saturated heterocycles. The molecule has 0 aliphatic heterocycles. The fourth-order valence-corrected chi connectivity index (χ4v) is 4.00. The van der Waals surface area contributed by atoms with E-state index in [9.17, 15) is 8.42 Å². The summed E-state index contributed by atoms with van der Waals surface area (Å²) in [6.07, 6.45) is 0. The maximum Gasteiger partial charge on any atom is 0.243 e. The van der Waals surface area contributed by atoms with Crippen LogP contribution in [0.4, 0.5) is 0 Å². The van der Waals surface area contributed by atoms with Crippen LogP contribution in [-0.4, -0.2) is 19.8 Å². The van der Waals surface area contributed by atoms with Crippen LogP contribution >= 0.6 is 27.3 Å². The predicted octanol–water partition coefficient (Wildman–Crippen LogP) is 3.46. The second-order valence-corrected chi connectivity index (χ2v) is 7.76. The van der Waals surface area contributed by atoms with Gasteiger partial charge in [0, 0.05) is 23.8 Å². The van der Waals surface area contributed by atoms with E-state index < -0.39 is 10.0 Å². The van der Waals surface area contributed by atoms with Crippen molar-refractivity contribution in [1.29, 1.82) is 0 Å². The van der Waals surface area contributed by atoms with E-state index in [4.69, 9.17) is 0 Å². The lowest BCUT2D eigenvalue weighted by Crippen LogP contribution is -2.26. The lowest BCUT2D eigenvalue weighted by molar-refractivity contribution is 0.469. The van der Waals surface area contributed by atoms with Crippen molar-refractivity contribution in [2.75, 3.05) is 7.05 Å². The number of hydrogen-bond donors (Lipinski definition) is 0. The van der Waals surface area contributed by atoms with Gasteiger partial charge in [-0.1, -0.05) is 34.1 Å². The maximum absolute atomic E-state index is 12.4. The molecule has 2 rings (SSSR count). The Kier molecular flexibility index (Phi) is 4.78. The van der Waals surface area contributed by atoms with E-state index in [2.05, 4.69) is 15.9 Å². The smallest absolute Gasteiger partial charge is 0.207 e. The number of sulfonamides is 1. The zero-order chi connectivity index (χ0) is 13.9. The molecule has 0 saturated carbocycles. The maximum atomic E-state index is 12.4. The van der Waals surface area contributed by atoms with E-state index in [0.29, 0.717) is 11.4 Å². The molecular formula is C13H14BrNO2S2. The number of rotatable bonds is 5. The van der Waals surface area contributed by atoms with E-state index in [1.165, 1.54) is 4.31 Å². The van der Waals surface area contributed by atoms with Crippen molar-refractivity contribution in [2.24, 2.45) is 0 Å². The third-order valence-electron chi connectivity index (χ3n) is 2.74. The van der Waals surface area contributed by atoms with Gasteiger partial charge in [-0.05, 0) is 29.1 Å². The van der Waals surface area contributed by atoms with Gasteiger partial charge in [0.05, 0.1) is 4.90 Å². The van der Waals surface area contributed by atoms with Gasteiger partial charge in [0.2, 0.25) is 10.0 Å². The summed E-state index contributed by atoms with van der Waals surface area (Å²) in [5.41, 5.74) is 1.06. The molecule has 0 N–H and O–H groups in total. The number of benzene rings is 1. The van der Waals surface area contributed by atoms with E-state index in [1.807, 2.05) is 29.6 Å². The Bertz CT molecular complexity index is 621. The fourth-order valence-electron chi connectivity index (χ4n) is 1.64. The summed E-state index contributed by atoms with van der Waals surface area (Å²) >= 11 is 4.90. The largest absolute Gasteiger partial charge is 0.243 e. The summed E-state index contributed by atoms with van der Waals surface area (Å²) in [5, 5.41) is 2.67. The van der Waals surface area contributed by atoms with Crippen molar-refractivity contribution < 1.29 is 8.42 Å². The monoisotopic (exact) mass is 359 g/mol. The summed E-state index contributed by atoms with van der Waals surface area (Å²) in [4.78, 5) is 1.36. The third kappa shape index (κ3) is 3.45. The minimum atomic E-state index is -3.42. The Hall–Kier alpha value is -0.690. The van der Waals surface area contributed by atoms with Gasteiger partial charge >= 0.3 is 0 Å². The molecule has 0 spiro atoms. The van der Waals surface area contributed by atoms with E-state index in [1.54, 1.807) is 30.5 Å². The quantitative estimate of drug-likeness (QED) is 0.766. The Morgan fingerprint density at radius 1 is 1.21 bits per heavy atom. The van der Waals surface area contributed by atoms with Gasteiger partial charge in [-0.15, -0.1) is 11.3 Å². The average molecular weight is 360 g/mol. The lowest BCUT2D eigenvalue weighted by Gasteiger charge is -2.16. The number of halogens is 1. The van der Waals surface area contributed by atoms with Crippen LogP contribution in [-0.2, 0) is 21.9 Å². The van der Waals surface area contributed by atoms with Gasteiger partial charge in [0.1, 0.15) is 0 Å². The van der Waals surface area contributed by atoms with Crippen molar-refractivity contribution in [2.45, 2.75) is 16.8 Å². The summed E-state index contributed by atoms with van der Waals surface area (Å²) in [6.45, 7) is 0.403. The summed E-state index contributed by atoms with van der Waals surface area (Å²) in [6, 6.07) is 10.8. The molecule has 1 aromatic heterocycles. The molecule has 6 heteroatoms. The minimum Gasteiger partial charge on any atom is -0.207 e. The van der Waals surface area contributed by atoms with Crippen LogP contribution in [0.25, 0.3) is 0 Å². The molecule has 1 aromatic carbocycles. The van der Waals surface area contributed by atoms with Crippen molar-refractivity contribution >= 4 is 37.3 Å². The van der Waals surface area contributed by atoms with Gasteiger partial charge in [0.25, 0.3) is 0 Å². The van der Waals surface area contributed by atoms with Gasteiger partial charge in [-0.3, -0.25) is 0 Å². The predicted molar refractivity (Wildman–Crippen MR) is 82.0 cm³/mol. The SMILES string of the molecule is CN(Cc1cccs1)S(=O)(=O)c1ccc(CBr)cc1. The van der Waals surface area contributed by atoms with Gasteiger partial charge < -0.3 is 0 Å². The second kappa shape index (κ2) is 6.17. The average Bonchev–Trinajstić information content (AvgIpc) is 2.91. The molecule has 0 radical (unpaired) electrons. The molecule has 0 bridgehead atoms. The molecule has 2 aromatic rings. The van der Waals surface area contributed by atoms with Crippen LogP contribution < -0.4 is 0 Å². The molecule has 1 heterocycles. The van der Waals surface area contributed by atoms with Gasteiger partial charge in [-0.25, -0.2) is 8.42 Å². The normalized spacial score (nSPS) is 11.9. The number of hydrogen-bond acceptors (Lipinski definition) is 3. The Morgan fingerprint density at radius 2 is 1.89 bits per heavy atom. The highest BCUT2D eigenvalue weighted by molar-refractivity contribution is 9.08. The molecule has 0 atom stereocenters. The first-order valence-corrected chi connectivity index (χ1v) is 9.12. The first kappa shape index (κ1) is 14.7. The van der Waals surface area contributed by atoms with Crippen LogP contribution in [0.15, 0.2) is 46.7 Å². The topological polar surface area (TPSA) is 37.4 Å². The highest BCUT2D eigenvalue weighted by Gasteiger charge is 2.20. The van der Waals surface area contributed by atoms with Crippen molar-refractivity contribution in [3.05, 3.63) is 52.2 Å². The van der Waals surface area contributed by atoms with Crippen LogP contribution in [0.3, 0.4) is 0 Å². The van der Waals surface area contributed by atoms with Crippen LogP contribution in [0, 0.1) is 0 Å². The minimum absolute atomic E-state index is 0.330. The Balaban J connectivity index is 2.20. The molecule has 19 heavy (non-hydrogen) atoms. The summed E-state index contributed by atoms with van der Waals surface area (Å²) < 4.78 is 26.1. The van der Waals surface area contributed by atoms with Crippen molar-refractivity contribution in [3.8, 4) is 0 Å². The molecule has 0 unspecified atom stereocenters. The van der Waals surface area contributed by atoms with Crippen molar-refractivity contribution in [3.63, 3.8) is 0 Å². The number of alkyl halides is 1. The van der Waals surface area contributed by atoms with Crippen LogP contribution in [0.1, 0.15) is 10.4 Å². The first-order chi connectivity index (χ1) is 9.04. The molecule has 0 aliphatic rings. The van der Waals surface area contributed by atoms with E-state index in [0.717, 1.165) is 15.8 Å². The summed E-state index contributed by atoms with van der Waals surface area (Å²) in [7, 11) is -1.81. The number of thiophene rings is 1. The van der Waals surface area contributed by atoms with Crippen LogP contribution in [0.5, 0.6) is 0 Å². The first-order valence-electron chi connectivity index (χ1n) is 5.67. The molecule has 102 valence electrons. The molecule has 3 nitrogen and oxygen atoms in total. The highest BCUT2D eigenvalue weighted by Crippen LogP contribution is 2.19. The van der Waals surface area contributed by atoms with E-state index in [-0.39, 0.29) is 0 Å². The highest BCUT2D eigenvalue weighted by atomic mass is 79.9.